The number of nitrogens with one attached hydrogen (secondary N) is 3. The molecule has 0 aromatic heterocycles. The van der Waals surface area contributed by atoms with Crippen LogP contribution in [0.15, 0.2) is 78.9 Å². The van der Waals surface area contributed by atoms with Gasteiger partial charge in [0.15, 0.2) is 0 Å². The number of rotatable bonds is 5. The molecule has 0 radical (unpaired) electrons. The molecule has 1 amide bonds. The Hall–Kier alpha value is -3.58. The standard InChI is InChI=1S/C22H20N4O2S/c23-18-8-4-5-9-19(18)26-21(27)17-12-10-15(11-13-17)14-29-22(25)28-20(24)16-6-2-1-3-7-16/h1-13,24-25H,14,23H2,(H,26,27). The van der Waals surface area contributed by atoms with Crippen molar-refractivity contribution in [2.45, 2.75) is 5.75 Å². The average Bonchev–Trinajstić information content (AvgIpc) is 2.75. The lowest BCUT2D eigenvalue weighted by atomic mass is 10.1. The number of benzene rings is 3. The van der Waals surface area contributed by atoms with E-state index in [1.165, 1.54) is 11.8 Å². The third kappa shape index (κ3) is 5.70. The van der Waals surface area contributed by atoms with Crippen molar-refractivity contribution in [1.29, 1.82) is 10.8 Å². The summed E-state index contributed by atoms with van der Waals surface area (Å²) in [5.41, 5.74) is 8.99. The molecule has 0 aliphatic carbocycles. The Bertz CT molecular complexity index is 1020. The second-order valence-corrected chi connectivity index (χ2v) is 7.06. The predicted octanol–water partition coefficient (Wildman–Crippen LogP) is 4.73. The van der Waals surface area contributed by atoms with Crippen LogP contribution in [-0.4, -0.2) is 17.0 Å². The number of carbonyl (C=O) groups excluding carboxylic acids is 1. The van der Waals surface area contributed by atoms with E-state index >= 15 is 0 Å². The van der Waals surface area contributed by atoms with Crippen molar-refractivity contribution >= 4 is 40.2 Å². The second kappa shape index (κ2) is 9.57. The zero-order chi connectivity index (χ0) is 20.6. The van der Waals surface area contributed by atoms with Gasteiger partial charge >= 0.3 is 0 Å². The predicted molar refractivity (Wildman–Crippen MR) is 119 cm³/mol. The average molecular weight is 404 g/mol. The smallest absolute Gasteiger partial charge is 0.255 e. The molecule has 0 saturated heterocycles. The highest BCUT2D eigenvalue weighted by Crippen LogP contribution is 2.19. The van der Waals surface area contributed by atoms with E-state index in [0.717, 1.165) is 5.56 Å². The van der Waals surface area contributed by atoms with E-state index in [4.69, 9.17) is 21.3 Å². The van der Waals surface area contributed by atoms with Gasteiger partial charge in [-0.3, -0.25) is 15.6 Å². The maximum atomic E-state index is 12.4. The number of nitrogens with two attached hydrogens (primary N) is 1. The highest BCUT2D eigenvalue weighted by Gasteiger charge is 2.10. The number of thioether (sulfide) groups is 1. The highest BCUT2D eigenvalue weighted by atomic mass is 32.2. The van der Waals surface area contributed by atoms with Crippen molar-refractivity contribution in [1.82, 2.24) is 0 Å². The SMILES string of the molecule is N=C(OC(=N)c1ccccc1)SCc1ccc(C(=O)Nc2ccccc2N)cc1. The summed E-state index contributed by atoms with van der Waals surface area (Å²) in [6, 6.07) is 23.2. The minimum Gasteiger partial charge on any atom is -0.415 e. The van der Waals surface area contributed by atoms with Gasteiger partial charge in [0, 0.05) is 16.9 Å². The van der Waals surface area contributed by atoms with Crippen molar-refractivity contribution < 1.29 is 9.53 Å². The summed E-state index contributed by atoms with van der Waals surface area (Å²) in [5.74, 6) is 0.193. The third-order valence-corrected chi connectivity index (χ3v) is 4.85. The lowest BCUT2D eigenvalue weighted by molar-refractivity contribution is 0.102. The summed E-state index contributed by atoms with van der Waals surface area (Å²) in [7, 11) is 0. The summed E-state index contributed by atoms with van der Waals surface area (Å²) < 4.78 is 5.25. The van der Waals surface area contributed by atoms with Crippen LogP contribution in [-0.2, 0) is 10.5 Å². The van der Waals surface area contributed by atoms with Gasteiger partial charge in [-0.25, -0.2) is 0 Å². The molecule has 0 bridgehead atoms. The molecule has 0 unspecified atom stereocenters. The van der Waals surface area contributed by atoms with E-state index in [1.54, 1.807) is 48.5 Å². The van der Waals surface area contributed by atoms with E-state index in [0.29, 0.717) is 28.3 Å². The summed E-state index contributed by atoms with van der Waals surface area (Å²) in [6.07, 6.45) is 0. The number of hydrogen-bond acceptors (Lipinski definition) is 6. The van der Waals surface area contributed by atoms with Crippen LogP contribution in [0.25, 0.3) is 0 Å². The maximum Gasteiger partial charge on any atom is 0.255 e. The summed E-state index contributed by atoms with van der Waals surface area (Å²) in [5, 5.41) is 18.5. The minimum absolute atomic E-state index is 0.0553. The third-order valence-electron chi connectivity index (χ3n) is 4.03. The molecule has 0 aliphatic heterocycles. The van der Waals surface area contributed by atoms with Gasteiger partial charge in [-0.15, -0.1) is 0 Å². The molecule has 0 atom stereocenters. The number of amides is 1. The zero-order valence-electron chi connectivity index (χ0n) is 15.5. The van der Waals surface area contributed by atoms with Crippen LogP contribution in [0.2, 0.25) is 0 Å². The Morgan fingerprint density at radius 2 is 1.55 bits per heavy atom. The van der Waals surface area contributed by atoms with Gasteiger partial charge < -0.3 is 15.8 Å². The van der Waals surface area contributed by atoms with Crippen LogP contribution in [0, 0.1) is 10.8 Å². The van der Waals surface area contributed by atoms with Gasteiger partial charge in [-0.2, -0.15) is 0 Å². The molecule has 0 heterocycles. The first-order valence-corrected chi connectivity index (χ1v) is 9.79. The lowest BCUT2D eigenvalue weighted by Crippen LogP contribution is -2.13. The molecular weight excluding hydrogens is 384 g/mol. The first-order valence-electron chi connectivity index (χ1n) is 8.81. The molecule has 0 spiro atoms. The van der Waals surface area contributed by atoms with E-state index in [2.05, 4.69) is 5.32 Å². The number of carbonyl (C=O) groups is 1. The van der Waals surface area contributed by atoms with Crippen LogP contribution in [0.4, 0.5) is 11.4 Å². The molecule has 6 nitrogen and oxygen atoms in total. The number of ether oxygens (including phenoxy) is 1. The van der Waals surface area contributed by atoms with Crippen molar-refractivity contribution in [3.63, 3.8) is 0 Å². The van der Waals surface area contributed by atoms with Crippen molar-refractivity contribution in [3.8, 4) is 0 Å². The molecule has 3 aromatic rings. The van der Waals surface area contributed by atoms with Crippen LogP contribution in [0.3, 0.4) is 0 Å². The molecular formula is C22H20N4O2S. The molecule has 0 fully saturated rings. The number of para-hydroxylation sites is 2. The van der Waals surface area contributed by atoms with E-state index in [-0.39, 0.29) is 17.0 Å². The fourth-order valence-corrected chi connectivity index (χ4v) is 3.11. The molecule has 7 heteroatoms. The fourth-order valence-electron chi connectivity index (χ4n) is 2.48. The molecule has 0 saturated carbocycles. The Kier molecular flexibility index (Phi) is 6.65. The molecule has 5 N–H and O–H groups in total. The normalized spacial score (nSPS) is 10.2. The Morgan fingerprint density at radius 1 is 0.897 bits per heavy atom. The monoisotopic (exact) mass is 404 g/mol. The first-order chi connectivity index (χ1) is 14.0. The second-order valence-electron chi connectivity index (χ2n) is 6.11. The minimum atomic E-state index is -0.241. The summed E-state index contributed by atoms with van der Waals surface area (Å²) in [6.45, 7) is 0. The van der Waals surface area contributed by atoms with Crippen molar-refractivity contribution in [2.24, 2.45) is 0 Å². The lowest BCUT2D eigenvalue weighted by Gasteiger charge is -2.09. The Morgan fingerprint density at radius 3 is 2.24 bits per heavy atom. The first kappa shape index (κ1) is 20.2. The van der Waals surface area contributed by atoms with E-state index in [9.17, 15) is 4.79 Å². The van der Waals surface area contributed by atoms with Gasteiger partial charge in [0.2, 0.25) is 11.1 Å². The van der Waals surface area contributed by atoms with Crippen LogP contribution in [0.5, 0.6) is 0 Å². The maximum absolute atomic E-state index is 12.4. The van der Waals surface area contributed by atoms with Crippen LogP contribution < -0.4 is 11.1 Å². The fraction of sp³-hybridized carbons (Fsp3) is 0.0455. The Balaban J connectivity index is 1.51. The number of anilines is 2. The van der Waals surface area contributed by atoms with Crippen molar-refractivity contribution in [2.75, 3.05) is 11.1 Å². The molecule has 0 aliphatic rings. The van der Waals surface area contributed by atoms with Gasteiger partial charge in [0.1, 0.15) is 0 Å². The zero-order valence-corrected chi connectivity index (χ0v) is 16.3. The molecule has 146 valence electrons. The van der Waals surface area contributed by atoms with Gasteiger partial charge in [0.05, 0.1) is 11.4 Å². The summed E-state index contributed by atoms with van der Waals surface area (Å²) in [4.78, 5) is 12.4. The summed E-state index contributed by atoms with van der Waals surface area (Å²) >= 11 is 1.17. The van der Waals surface area contributed by atoms with Gasteiger partial charge in [0.25, 0.3) is 5.91 Å². The molecule has 29 heavy (non-hydrogen) atoms. The quantitative estimate of drug-likeness (QED) is 0.280. The number of hydrogen-bond donors (Lipinski definition) is 4. The van der Waals surface area contributed by atoms with Gasteiger partial charge in [-0.1, -0.05) is 54.2 Å². The van der Waals surface area contributed by atoms with Gasteiger partial charge in [-0.05, 0) is 42.0 Å². The topological polar surface area (TPSA) is 112 Å². The van der Waals surface area contributed by atoms with E-state index in [1.807, 2.05) is 30.3 Å². The van der Waals surface area contributed by atoms with Crippen LogP contribution >= 0.6 is 11.8 Å². The van der Waals surface area contributed by atoms with E-state index < -0.39 is 0 Å². The number of nitrogen functional groups attached to an aromatic ring is 1. The van der Waals surface area contributed by atoms with Crippen LogP contribution in [0.1, 0.15) is 21.5 Å². The Labute approximate surface area is 173 Å². The molecule has 3 rings (SSSR count). The highest BCUT2D eigenvalue weighted by molar-refractivity contribution is 8.12. The largest absolute Gasteiger partial charge is 0.415 e. The van der Waals surface area contributed by atoms with Crippen molar-refractivity contribution in [3.05, 3.63) is 95.6 Å². The molecule has 3 aromatic carbocycles.